The van der Waals surface area contributed by atoms with E-state index in [1.807, 2.05) is 24.3 Å². The van der Waals surface area contributed by atoms with Crippen LogP contribution in [0.2, 0.25) is 10.0 Å². The summed E-state index contributed by atoms with van der Waals surface area (Å²) in [5, 5.41) is 5.15. The van der Waals surface area contributed by atoms with Crippen molar-refractivity contribution in [2.24, 2.45) is 5.10 Å². The Morgan fingerprint density at radius 1 is 1.19 bits per heavy atom. The summed E-state index contributed by atoms with van der Waals surface area (Å²) in [4.78, 5) is 11.8. The molecule has 136 valence electrons. The molecule has 0 atom stereocenters. The molecule has 2 rings (SSSR count). The third-order valence-electron chi connectivity index (χ3n) is 3.19. The molecule has 0 aliphatic heterocycles. The van der Waals surface area contributed by atoms with Crippen LogP contribution in [0.3, 0.4) is 0 Å². The third-order valence-corrected chi connectivity index (χ3v) is 4.86. The van der Waals surface area contributed by atoms with Crippen molar-refractivity contribution < 1.29 is 9.53 Å². The first-order valence-corrected chi connectivity index (χ1v) is 9.67. The number of halogens is 2. The number of rotatable bonds is 9. The summed E-state index contributed by atoms with van der Waals surface area (Å²) >= 11 is 13.6. The Balaban J connectivity index is 1.74. The second-order valence-corrected chi connectivity index (χ2v) is 6.95. The SMILES string of the molecule is C=CCOc1ccc(/C=N\NC(=O)CSCc2c(Cl)cccc2Cl)cc1. The number of amides is 1. The van der Waals surface area contributed by atoms with Gasteiger partial charge in [0.15, 0.2) is 0 Å². The summed E-state index contributed by atoms with van der Waals surface area (Å²) in [5.74, 6) is 1.37. The van der Waals surface area contributed by atoms with E-state index in [4.69, 9.17) is 27.9 Å². The quantitative estimate of drug-likeness (QED) is 0.363. The van der Waals surface area contributed by atoms with Crippen LogP contribution in [0.25, 0.3) is 0 Å². The van der Waals surface area contributed by atoms with E-state index in [-0.39, 0.29) is 11.7 Å². The molecular formula is C19H18Cl2N2O2S. The van der Waals surface area contributed by atoms with Gasteiger partial charge in [0, 0.05) is 15.8 Å². The minimum atomic E-state index is -0.194. The zero-order valence-corrected chi connectivity index (χ0v) is 16.3. The average Bonchev–Trinajstić information content (AvgIpc) is 2.63. The number of carbonyl (C=O) groups excluding carboxylic acids is 1. The highest BCUT2D eigenvalue weighted by Gasteiger charge is 2.07. The lowest BCUT2D eigenvalue weighted by molar-refractivity contribution is -0.118. The Bertz CT molecular complexity index is 759. The molecule has 0 fully saturated rings. The molecule has 0 bridgehead atoms. The van der Waals surface area contributed by atoms with Gasteiger partial charge in [-0.2, -0.15) is 5.10 Å². The standard InChI is InChI=1S/C19H18Cl2N2O2S/c1-2-10-25-15-8-6-14(7-9-15)11-22-23-19(24)13-26-12-16-17(20)4-3-5-18(16)21/h2-9,11H,1,10,12-13H2,(H,23,24)/b22-11-. The van der Waals surface area contributed by atoms with Gasteiger partial charge in [0.1, 0.15) is 12.4 Å². The minimum Gasteiger partial charge on any atom is -0.490 e. The molecule has 0 heterocycles. The van der Waals surface area contributed by atoms with Gasteiger partial charge in [0.2, 0.25) is 5.91 Å². The first-order valence-electron chi connectivity index (χ1n) is 7.76. The molecule has 26 heavy (non-hydrogen) atoms. The van der Waals surface area contributed by atoms with Crippen molar-refractivity contribution in [1.82, 2.24) is 5.43 Å². The molecule has 0 saturated heterocycles. The fourth-order valence-electron chi connectivity index (χ4n) is 1.93. The molecule has 0 aromatic heterocycles. The van der Waals surface area contributed by atoms with Crippen LogP contribution < -0.4 is 10.2 Å². The fourth-order valence-corrected chi connectivity index (χ4v) is 3.49. The first-order chi connectivity index (χ1) is 12.6. The number of carbonyl (C=O) groups is 1. The summed E-state index contributed by atoms with van der Waals surface area (Å²) in [5.41, 5.74) is 4.18. The maximum atomic E-state index is 11.8. The van der Waals surface area contributed by atoms with E-state index in [1.54, 1.807) is 30.5 Å². The van der Waals surface area contributed by atoms with Crippen molar-refractivity contribution in [3.8, 4) is 5.75 Å². The Hall–Kier alpha value is -1.95. The molecule has 1 N–H and O–H groups in total. The van der Waals surface area contributed by atoms with E-state index < -0.39 is 0 Å². The Morgan fingerprint density at radius 2 is 1.88 bits per heavy atom. The topological polar surface area (TPSA) is 50.7 Å². The number of benzene rings is 2. The fraction of sp³-hybridized carbons (Fsp3) is 0.158. The second-order valence-electron chi connectivity index (χ2n) is 5.15. The molecule has 0 radical (unpaired) electrons. The van der Waals surface area contributed by atoms with E-state index in [2.05, 4.69) is 17.1 Å². The van der Waals surface area contributed by atoms with E-state index in [1.165, 1.54) is 11.8 Å². The molecule has 1 amide bonds. The van der Waals surface area contributed by atoms with Gasteiger partial charge < -0.3 is 4.74 Å². The van der Waals surface area contributed by atoms with E-state index >= 15 is 0 Å². The van der Waals surface area contributed by atoms with Crippen LogP contribution in [-0.4, -0.2) is 24.5 Å². The molecule has 0 spiro atoms. The summed E-state index contributed by atoms with van der Waals surface area (Å²) in [7, 11) is 0. The molecule has 0 aliphatic rings. The Morgan fingerprint density at radius 3 is 2.54 bits per heavy atom. The second kappa shape index (κ2) is 10.9. The number of ether oxygens (including phenoxy) is 1. The van der Waals surface area contributed by atoms with Gasteiger partial charge in [-0.3, -0.25) is 4.79 Å². The van der Waals surface area contributed by atoms with Crippen LogP contribution in [-0.2, 0) is 10.5 Å². The van der Waals surface area contributed by atoms with Crippen molar-refractivity contribution in [1.29, 1.82) is 0 Å². The number of hydrogen-bond donors (Lipinski definition) is 1. The van der Waals surface area contributed by atoms with Gasteiger partial charge in [-0.25, -0.2) is 5.43 Å². The number of hydrazone groups is 1. The summed E-state index contributed by atoms with van der Waals surface area (Å²) in [6, 6.07) is 12.7. The van der Waals surface area contributed by atoms with E-state index in [0.717, 1.165) is 16.9 Å². The van der Waals surface area contributed by atoms with Crippen molar-refractivity contribution in [3.63, 3.8) is 0 Å². The molecule has 0 saturated carbocycles. The average molecular weight is 409 g/mol. The largest absolute Gasteiger partial charge is 0.490 e. The highest BCUT2D eigenvalue weighted by Crippen LogP contribution is 2.28. The van der Waals surface area contributed by atoms with Gasteiger partial charge in [0.25, 0.3) is 0 Å². The van der Waals surface area contributed by atoms with Crippen LogP contribution in [0.4, 0.5) is 0 Å². The molecule has 2 aromatic carbocycles. The highest BCUT2D eigenvalue weighted by atomic mass is 35.5. The lowest BCUT2D eigenvalue weighted by Crippen LogP contribution is -2.19. The Labute approximate surface area is 167 Å². The molecular weight excluding hydrogens is 391 g/mol. The number of nitrogens with one attached hydrogen (secondary N) is 1. The Kier molecular flexibility index (Phi) is 8.54. The van der Waals surface area contributed by atoms with Crippen molar-refractivity contribution >= 4 is 47.1 Å². The molecule has 0 aliphatic carbocycles. The number of hydrogen-bond acceptors (Lipinski definition) is 4. The van der Waals surface area contributed by atoms with Crippen molar-refractivity contribution in [2.45, 2.75) is 5.75 Å². The lowest BCUT2D eigenvalue weighted by atomic mass is 10.2. The lowest BCUT2D eigenvalue weighted by Gasteiger charge is -2.06. The normalized spacial score (nSPS) is 10.7. The zero-order chi connectivity index (χ0) is 18.8. The van der Waals surface area contributed by atoms with Gasteiger partial charge in [-0.05, 0) is 47.5 Å². The zero-order valence-electron chi connectivity index (χ0n) is 14.0. The predicted octanol–water partition coefficient (Wildman–Crippen LogP) is 4.94. The smallest absolute Gasteiger partial charge is 0.250 e. The highest BCUT2D eigenvalue weighted by molar-refractivity contribution is 7.99. The monoisotopic (exact) mass is 408 g/mol. The summed E-state index contributed by atoms with van der Waals surface area (Å²) in [6.07, 6.45) is 3.26. The maximum Gasteiger partial charge on any atom is 0.250 e. The minimum absolute atomic E-state index is 0.194. The van der Waals surface area contributed by atoms with Crippen molar-refractivity contribution in [3.05, 3.63) is 76.3 Å². The van der Waals surface area contributed by atoms with Gasteiger partial charge in [-0.15, -0.1) is 11.8 Å². The van der Waals surface area contributed by atoms with Gasteiger partial charge >= 0.3 is 0 Å². The predicted molar refractivity (Wildman–Crippen MR) is 110 cm³/mol. The van der Waals surface area contributed by atoms with E-state index in [0.29, 0.717) is 22.4 Å². The van der Waals surface area contributed by atoms with Gasteiger partial charge in [0.05, 0.1) is 12.0 Å². The maximum absolute atomic E-state index is 11.8. The molecule has 7 heteroatoms. The van der Waals surface area contributed by atoms with E-state index in [9.17, 15) is 4.79 Å². The number of thioether (sulfide) groups is 1. The molecule has 2 aromatic rings. The van der Waals surface area contributed by atoms with Crippen LogP contribution in [0.15, 0.2) is 60.2 Å². The molecule has 0 unspecified atom stereocenters. The first kappa shape index (κ1) is 20.4. The van der Waals surface area contributed by atoms with Crippen molar-refractivity contribution in [2.75, 3.05) is 12.4 Å². The summed E-state index contributed by atoms with van der Waals surface area (Å²) < 4.78 is 5.40. The van der Waals surface area contributed by atoms with Crippen LogP contribution in [0.5, 0.6) is 5.75 Å². The molecule has 4 nitrogen and oxygen atoms in total. The third kappa shape index (κ3) is 6.75. The van der Waals surface area contributed by atoms with Crippen LogP contribution in [0.1, 0.15) is 11.1 Å². The van der Waals surface area contributed by atoms with Gasteiger partial charge in [-0.1, -0.05) is 41.9 Å². The number of nitrogens with zero attached hydrogens (tertiary/aromatic N) is 1. The van der Waals surface area contributed by atoms with Crippen LogP contribution >= 0.6 is 35.0 Å². The van der Waals surface area contributed by atoms with Crippen LogP contribution in [0, 0.1) is 0 Å². The summed E-state index contributed by atoms with van der Waals surface area (Å²) in [6.45, 7) is 4.05.